The third-order valence-corrected chi connectivity index (χ3v) is 10.4. The third kappa shape index (κ3) is 10.9. The second-order valence-corrected chi connectivity index (χ2v) is 14.1. The SMILES string of the molecule is CCC(C)[C@@H](C(=O)NN1C(=O)NC2(CCN(C(=O)CNC(=O)OCc3ccccc3)CC2)C1=O)[C@H](CCCc1ccccc1)C(=O)NOCc1ccccc1. The van der Waals surface area contributed by atoms with Crippen molar-refractivity contribution in [2.24, 2.45) is 17.8 Å². The Bertz CT molecular complexity index is 1770. The van der Waals surface area contributed by atoms with Gasteiger partial charge < -0.3 is 20.3 Å². The van der Waals surface area contributed by atoms with E-state index in [1.54, 1.807) is 0 Å². The summed E-state index contributed by atoms with van der Waals surface area (Å²) in [5.74, 6) is -4.12. The Morgan fingerprint density at radius 2 is 1.40 bits per heavy atom. The van der Waals surface area contributed by atoms with E-state index < -0.39 is 47.2 Å². The predicted molar refractivity (Wildman–Crippen MR) is 202 cm³/mol. The molecule has 292 valence electrons. The zero-order valence-electron chi connectivity index (χ0n) is 31.3. The maximum atomic E-state index is 14.1. The first-order chi connectivity index (χ1) is 26.6. The standard InChI is InChI=1S/C41H50N6O8/c1-3-29(2)35(33(21-13-20-30-14-7-4-8-15-30)36(49)45-55-28-32-18-11-6-12-19-32)37(50)44-47-38(51)41(43-39(47)52)22-24-46(25-23-41)34(48)26-42-40(53)54-27-31-16-9-5-10-17-31/h4-12,14-19,29,33,35H,3,13,20-28H2,1-2H3,(H,42,53)(H,43,52)(H,44,50)(H,45,49)/t29?,33-,35+/m0/s1. The Morgan fingerprint density at radius 1 is 0.818 bits per heavy atom. The molecule has 4 N–H and O–H groups in total. The first-order valence-electron chi connectivity index (χ1n) is 18.8. The Morgan fingerprint density at radius 3 is 2.00 bits per heavy atom. The monoisotopic (exact) mass is 754 g/mol. The molecule has 5 rings (SSSR count). The Labute approximate surface area is 321 Å². The molecule has 7 amide bonds. The van der Waals surface area contributed by atoms with Crippen LogP contribution in [0.25, 0.3) is 0 Å². The minimum Gasteiger partial charge on any atom is -0.445 e. The van der Waals surface area contributed by atoms with Gasteiger partial charge in [-0.25, -0.2) is 15.1 Å². The number of nitrogens with zero attached hydrogens (tertiary/aromatic N) is 2. The number of hydroxylamine groups is 1. The van der Waals surface area contributed by atoms with E-state index in [1.807, 2.05) is 105 Å². The van der Waals surface area contributed by atoms with Gasteiger partial charge in [-0.3, -0.25) is 29.4 Å². The van der Waals surface area contributed by atoms with Crippen LogP contribution >= 0.6 is 0 Å². The van der Waals surface area contributed by atoms with Gasteiger partial charge in [0, 0.05) is 13.1 Å². The number of hydrogen-bond acceptors (Lipinski definition) is 8. The molecule has 0 bridgehead atoms. The number of carbonyl (C=O) groups is 6. The molecule has 0 radical (unpaired) electrons. The number of imide groups is 1. The van der Waals surface area contributed by atoms with Crippen LogP contribution in [0.15, 0.2) is 91.0 Å². The molecule has 3 aromatic carbocycles. The van der Waals surface area contributed by atoms with E-state index >= 15 is 0 Å². The zero-order valence-corrected chi connectivity index (χ0v) is 31.3. The first-order valence-corrected chi connectivity index (χ1v) is 18.8. The van der Waals surface area contributed by atoms with Crippen molar-refractivity contribution in [3.8, 4) is 0 Å². The molecule has 1 unspecified atom stereocenters. The second kappa shape index (κ2) is 19.5. The van der Waals surface area contributed by atoms with Crippen LogP contribution in [0.3, 0.4) is 0 Å². The largest absolute Gasteiger partial charge is 0.445 e. The number of hydrogen-bond donors (Lipinski definition) is 4. The topological polar surface area (TPSA) is 175 Å². The molecule has 0 aromatic heterocycles. The summed E-state index contributed by atoms with van der Waals surface area (Å²) < 4.78 is 5.17. The fraction of sp³-hybridized carbons (Fsp3) is 0.415. The van der Waals surface area contributed by atoms with Gasteiger partial charge in [0.1, 0.15) is 18.7 Å². The molecule has 14 nitrogen and oxygen atoms in total. The van der Waals surface area contributed by atoms with Gasteiger partial charge in [0.05, 0.1) is 18.4 Å². The van der Waals surface area contributed by atoms with Crippen molar-refractivity contribution in [1.82, 2.24) is 31.4 Å². The molecule has 2 aliphatic rings. The van der Waals surface area contributed by atoms with Crippen molar-refractivity contribution in [3.63, 3.8) is 0 Å². The van der Waals surface area contributed by atoms with Crippen LogP contribution in [-0.4, -0.2) is 70.8 Å². The lowest BCUT2D eigenvalue weighted by molar-refractivity contribution is -0.149. The van der Waals surface area contributed by atoms with Crippen LogP contribution in [0, 0.1) is 17.8 Å². The van der Waals surface area contributed by atoms with E-state index in [0.29, 0.717) is 30.7 Å². The number of carbonyl (C=O) groups excluding carboxylic acids is 6. The molecule has 55 heavy (non-hydrogen) atoms. The highest BCUT2D eigenvalue weighted by molar-refractivity contribution is 6.08. The summed E-state index contributed by atoms with van der Waals surface area (Å²) >= 11 is 0. The van der Waals surface area contributed by atoms with E-state index in [0.717, 1.165) is 16.7 Å². The quantitative estimate of drug-likeness (QED) is 0.116. The van der Waals surface area contributed by atoms with E-state index in [-0.39, 0.29) is 57.5 Å². The molecule has 3 atom stereocenters. The summed E-state index contributed by atoms with van der Waals surface area (Å²) in [7, 11) is 0. The van der Waals surface area contributed by atoms with E-state index in [2.05, 4.69) is 21.5 Å². The van der Waals surface area contributed by atoms with Gasteiger partial charge >= 0.3 is 12.1 Å². The molecule has 1 spiro atoms. The lowest BCUT2D eigenvalue weighted by atomic mass is 9.77. The predicted octanol–water partition coefficient (Wildman–Crippen LogP) is 4.41. The number of piperidine rings is 1. The minimum absolute atomic E-state index is 0.0608. The summed E-state index contributed by atoms with van der Waals surface area (Å²) in [6, 6.07) is 27.5. The van der Waals surface area contributed by atoms with Crippen molar-refractivity contribution in [1.29, 1.82) is 0 Å². The van der Waals surface area contributed by atoms with Crippen LogP contribution in [0.5, 0.6) is 0 Å². The molecule has 2 saturated heterocycles. The average molecular weight is 755 g/mol. The lowest BCUT2D eigenvalue weighted by Crippen LogP contribution is -2.58. The van der Waals surface area contributed by atoms with Crippen molar-refractivity contribution < 1.29 is 38.3 Å². The fourth-order valence-electron chi connectivity index (χ4n) is 6.99. The molecular formula is C41H50N6O8. The summed E-state index contributed by atoms with van der Waals surface area (Å²) in [4.78, 5) is 87.1. The zero-order chi connectivity index (χ0) is 39.2. The number of ether oxygens (including phenoxy) is 1. The third-order valence-electron chi connectivity index (χ3n) is 10.4. The molecule has 14 heteroatoms. The number of likely N-dealkylation sites (tertiary alicyclic amines) is 1. The normalized spacial score (nSPS) is 16.5. The van der Waals surface area contributed by atoms with Crippen molar-refractivity contribution >= 4 is 35.8 Å². The average Bonchev–Trinajstić information content (AvgIpc) is 3.43. The highest BCUT2D eigenvalue weighted by Gasteiger charge is 2.54. The molecule has 3 aromatic rings. The fourth-order valence-corrected chi connectivity index (χ4v) is 6.99. The highest BCUT2D eigenvalue weighted by Crippen LogP contribution is 2.32. The number of urea groups is 1. The molecule has 2 aliphatic heterocycles. The van der Waals surface area contributed by atoms with Crippen molar-refractivity contribution in [2.75, 3.05) is 19.6 Å². The Balaban J connectivity index is 1.19. The van der Waals surface area contributed by atoms with Gasteiger partial charge in [0.2, 0.25) is 17.7 Å². The summed E-state index contributed by atoms with van der Waals surface area (Å²) in [5.41, 5.74) is 6.54. The Hall–Kier alpha value is -5.76. The highest BCUT2D eigenvalue weighted by atomic mass is 16.6. The number of amides is 7. The number of hydrazine groups is 1. The number of aryl methyl sites for hydroxylation is 1. The summed E-state index contributed by atoms with van der Waals surface area (Å²) in [6.45, 7) is 3.95. The van der Waals surface area contributed by atoms with Crippen LogP contribution in [0.2, 0.25) is 0 Å². The van der Waals surface area contributed by atoms with E-state index in [9.17, 15) is 28.8 Å². The van der Waals surface area contributed by atoms with Crippen LogP contribution < -0.4 is 21.5 Å². The van der Waals surface area contributed by atoms with Crippen LogP contribution in [0.4, 0.5) is 9.59 Å². The Kier molecular flexibility index (Phi) is 14.4. The summed E-state index contributed by atoms with van der Waals surface area (Å²) in [6.07, 6.45) is 1.67. The summed E-state index contributed by atoms with van der Waals surface area (Å²) in [5, 5.41) is 5.90. The maximum absolute atomic E-state index is 14.1. The molecular weight excluding hydrogens is 704 g/mol. The number of nitrogens with one attached hydrogen (secondary N) is 4. The van der Waals surface area contributed by atoms with Gasteiger partial charge in [-0.2, -0.15) is 5.01 Å². The molecule has 0 aliphatic carbocycles. The lowest BCUT2D eigenvalue weighted by Gasteiger charge is -2.37. The minimum atomic E-state index is -1.33. The number of benzene rings is 3. The number of alkyl carbamates (subject to hydrolysis) is 1. The molecule has 2 heterocycles. The van der Waals surface area contributed by atoms with Crippen molar-refractivity contribution in [3.05, 3.63) is 108 Å². The van der Waals surface area contributed by atoms with Gasteiger partial charge in [-0.15, -0.1) is 0 Å². The number of rotatable bonds is 17. The molecule has 2 fully saturated rings. The van der Waals surface area contributed by atoms with E-state index in [1.165, 1.54) is 4.90 Å². The smallest absolute Gasteiger partial charge is 0.407 e. The van der Waals surface area contributed by atoms with Crippen molar-refractivity contribution in [2.45, 2.75) is 71.1 Å². The van der Waals surface area contributed by atoms with Crippen LogP contribution in [0.1, 0.15) is 62.6 Å². The maximum Gasteiger partial charge on any atom is 0.407 e. The first kappa shape index (κ1) is 40.4. The molecule has 0 saturated carbocycles. The van der Waals surface area contributed by atoms with Crippen LogP contribution in [-0.2, 0) is 48.4 Å². The van der Waals surface area contributed by atoms with E-state index in [4.69, 9.17) is 9.57 Å². The van der Waals surface area contributed by atoms with Gasteiger partial charge in [0.25, 0.3) is 5.91 Å². The van der Waals surface area contributed by atoms with Gasteiger partial charge in [-0.1, -0.05) is 111 Å². The van der Waals surface area contributed by atoms with Gasteiger partial charge in [0.15, 0.2) is 0 Å². The van der Waals surface area contributed by atoms with Gasteiger partial charge in [-0.05, 0) is 54.7 Å². The second-order valence-electron chi connectivity index (χ2n) is 14.1.